The molecule has 0 spiro atoms. The second-order valence-corrected chi connectivity index (χ2v) is 9.99. The predicted molar refractivity (Wildman–Crippen MR) is 151 cm³/mol. The minimum absolute atomic E-state index is 0.0684. The van der Waals surface area contributed by atoms with Crippen molar-refractivity contribution >= 4 is 57.4 Å². The summed E-state index contributed by atoms with van der Waals surface area (Å²) in [5, 5.41) is 5.31. The Labute approximate surface area is 230 Å². The third kappa shape index (κ3) is 4.97. The van der Waals surface area contributed by atoms with Gasteiger partial charge in [0.05, 0.1) is 5.69 Å². The third-order valence-electron chi connectivity index (χ3n) is 6.82. The first-order valence-corrected chi connectivity index (χ1v) is 13.0. The van der Waals surface area contributed by atoms with Gasteiger partial charge in [-0.25, -0.2) is 0 Å². The molecule has 192 valence electrons. The van der Waals surface area contributed by atoms with Crippen molar-refractivity contribution in [2.45, 2.75) is 19.0 Å². The second kappa shape index (κ2) is 10.9. The maximum atomic E-state index is 14.0. The number of benzene rings is 4. The fraction of sp³-hybridized carbons (Fsp3) is 0.167. The van der Waals surface area contributed by atoms with E-state index in [1.165, 1.54) is 9.80 Å². The number of nitrogens with one attached hydrogen (secondary N) is 1. The van der Waals surface area contributed by atoms with Crippen LogP contribution in [0.5, 0.6) is 0 Å². The molecule has 0 radical (unpaired) electrons. The molecule has 4 aromatic carbocycles. The van der Waals surface area contributed by atoms with E-state index in [0.717, 1.165) is 16.3 Å². The molecule has 4 aromatic rings. The molecule has 1 atom stereocenters. The van der Waals surface area contributed by atoms with Crippen LogP contribution < -0.4 is 10.2 Å². The van der Waals surface area contributed by atoms with Gasteiger partial charge in [-0.3, -0.25) is 19.3 Å². The van der Waals surface area contributed by atoms with Gasteiger partial charge in [-0.1, -0.05) is 83.9 Å². The highest BCUT2D eigenvalue weighted by atomic mass is 35.5. The van der Waals surface area contributed by atoms with Gasteiger partial charge in [-0.2, -0.15) is 0 Å². The van der Waals surface area contributed by atoms with Crippen LogP contribution in [-0.4, -0.2) is 42.3 Å². The molecule has 0 aromatic heterocycles. The molecular formula is C30H25Cl2N3O3. The molecule has 0 bridgehead atoms. The van der Waals surface area contributed by atoms with Crippen LogP contribution in [0.4, 0.5) is 5.69 Å². The minimum Gasteiger partial charge on any atom is -0.357 e. The summed E-state index contributed by atoms with van der Waals surface area (Å²) < 4.78 is 0. The van der Waals surface area contributed by atoms with E-state index >= 15 is 0 Å². The molecule has 3 amide bonds. The quantitative estimate of drug-likeness (QED) is 0.318. The van der Waals surface area contributed by atoms with Crippen LogP contribution in [0.3, 0.4) is 0 Å². The number of likely N-dealkylation sites (N-methyl/N-ethyl adjacent to an activating group) is 1. The van der Waals surface area contributed by atoms with Crippen LogP contribution in [-0.2, 0) is 22.6 Å². The van der Waals surface area contributed by atoms with E-state index in [1.54, 1.807) is 31.3 Å². The van der Waals surface area contributed by atoms with Gasteiger partial charge in [-0.15, -0.1) is 0 Å². The fourth-order valence-electron chi connectivity index (χ4n) is 4.92. The van der Waals surface area contributed by atoms with E-state index in [9.17, 15) is 14.4 Å². The highest BCUT2D eigenvalue weighted by Gasteiger charge is 2.35. The van der Waals surface area contributed by atoms with Crippen molar-refractivity contribution in [3.05, 3.63) is 112 Å². The molecule has 6 nitrogen and oxygen atoms in total. The van der Waals surface area contributed by atoms with E-state index in [0.29, 0.717) is 33.3 Å². The number of carbonyl (C=O) groups excluding carboxylic acids is 3. The van der Waals surface area contributed by atoms with Crippen LogP contribution in [0.2, 0.25) is 10.0 Å². The van der Waals surface area contributed by atoms with Gasteiger partial charge < -0.3 is 10.2 Å². The van der Waals surface area contributed by atoms with Crippen molar-refractivity contribution in [3.63, 3.8) is 0 Å². The maximum Gasteiger partial charge on any atom is 0.259 e. The predicted octanol–water partition coefficient (Wildman–Crippen LogP) is 5.49. The Morgan fingerprint density at radius 2 is 1.68 bits per heavy atom. The number of hydrogen-bond acceptors (Lipinski definition) is 3. The van der Waals surface area contributed by atoms with Crippen LogP contribution >= 0.6 is 23.2 Å². The molecule has 0 fully saturated rings. The Morgan fingerprint density at radius 1 is 0.947 bits per heavy atom. The van der Waals surface area contributed by atoms with Gasteiger partial charge in [0, 0.05) is 41.0 Å². The van der Waals surface area contributed by atoms with Crippen LogP contribution in [0.15, 0.2) is 84.9 Å². The number of hydrogen-bond donors (Lipinski definition) is 1. The Hall–Kier alpha value is -3.87. The number of nitrogens with zero attached hydrogens (tertiary/aromatic N) is 2. The molecule has 1 heterocycles. The lowest BCUT2D eigenvalue weighted by Crippen LogP contribution is -2.52. The van der Waals surface area contributed by atoms with Crippen LogP contribution in [0.25, 0.3) is 10.8 Å². The number of anilines is 1. The second-order valence-electron chi connectivity index (χ2n) is 9.15. The smallest absolute Gasteiger partial charge is 0.259 e. The monoisotopic (exact) mass is 545 g/mol. The number of rotatable bonds is 8. The molecule has 1 aliphatic heterocycles. The Bertz CT molecular complexity index is 1540. The van der Waals surface area contributed by atoms with Gasteiger partial charge in [-0.05, 0) is 40.8 Å². The van der Waals surface area contributed by atoms with Crippen molar-refractivity contribution in [3.8, 4) is 0 Å². The van der Waals surface area contributed by atoms with Crippen LogP contribution in [0, 0.1) is 0 Å². The van der Waals surface area contributed by atoms with E-state index in [1.807, 2.05) is 60.7 Å². The lowest BCUT2D eigenvalue weighted by Gasteiger charge is -2.33. The highest BCUT2D eigenvalue weighted by Crippen LogP contribution is 2.37. The molecule has 5 rings (SSSR count). The average Bonchev–Trinajstić information content (AvgIpc) is 3.19. The van der Waals surface area contributed by atoms with E-state index in [2.05, 4.69) is 5.32 Å². The first kappa shape index (κ1) is 25.8. The largest absolute Gasteiger partial charge is 0.357 e. The maximum absolute atomic E-state index is 14.0. The molecule has 1 aliphatic rings. The summed E-state index contributed by atoms with van der Waals surface area (Å²) in [4.78, 5) is 43.6. The van der Waals surface area contributed by atoms with Gasteiger partial charge in [0.2, 0.25) is 11.8 Å². The summed E-state index contributed by atoms with van der Waals surface area (Å²) in [6, 6.07) is 24.9. The average molecular weight is 546 g/mol. The Kier molecular flexibility index (Phi) is 7.36. The molecular weight excluding hydrogens is 521 g/mol. The highest BCUT2D eigenvalue weighted by molar-refractivity contribution is 6.35. The zero-order valence-corrected chi connectivity index (χ0v) is 22.2. The summed E-state index contributed by atoms with van der Waals surface area (Å²) >= 11 is 12.6. The Balaban J connectivity index is 1.52. The topological polar surface area (TPSA) is 69.7 Å². The minimum atomic E-state index is -0.836. The summed E-state index contributed by atoms with van der Waals surface area (Å²) in [6.07, 6.45) is 0.293. The molecule has 1 N–H and O–H groups in total. The SMILES string of the molecule is CNC(=O)[C@@H](Cc1ccccc1)N(Cc1ccc(Cl)cc1Cl)C(=O)CN1C(=O)c2cccc3cccc1c23. The van der Waals surface area contributed by atoms with E-state index in [-0.39, 0.29) is 30.8 Å². The molecule has 0 saturated heterocycles. The zero-order valence-electron chi connectivity index (χ0n) is 20.7. The third-order valence-corrected chi connectivity index (χ3v) is 7.40. The van der Waals surface area contributed by atoms with Crippen molar-refractivity contribution in [1.29, 1.82) is 0 Å². The molecule has 0 saturated carbocycles. The molecule has 38 heavy (non-hydrogen) atoms. The van der Waals surface area contributed by atoms with E-state index < -0.39 is 6.04 Å². The lowest BCUT2D eigenvalue weighted by atomic mass is 10.0. The number of carbonyl (C=O) groups is 3. The zero-order chi connectivity index (χ0) is 26.8. The molecule has 0 unspecified atom stereocenters. The van der Waals surface area contributed by atoms with Crippen LogP contribution in [0.1, 0.15) is 21.5 Å². The van der Waals surface area contributed by atoms with E-state index in [4.69, 9.17) is 23.2 Å². The summed E-state index contributed by atoms with van der Waals surface area (Å²) in [7, 11) is 1.54. The summed E-state index contributed by atoms with van der Waals surface area (Å²) in [5.74, 6) is -0.932. The summed E-state index contributed by atoms with van der Waals surface area (Å²) in [6.45, 7) is -0.154. The Morgan fingerprint density at radius 3 is 2.39 bits per heavy atom. The first-order valence-electron chi connectivity index (χ1n) is 12.2. The number of halogens is 2. The lowest BCUT2D eigenvalue weighted by molar-refractivity contribution is -0.140. The van der Waals surface area contributed by atoms with Gasteiger partial charge in [0.1, 0.15) is 12.6 Å². The molecule has 8 heteroatoms. The summed E-state index contributed by atoms with van der Waals surface area (Å²) in [5.41, 5.74) is 2.78. The standard InChI is InChI=1S/C30H25Cl2N3O3/c1-33-29(37)26(15-19-7-3-2-4-8-19)34(17-21-13-14-22(31)16-24(21)32)27(36)18-35-25-12-6-10-20-9-5-11-23(28(20)25)30(35)38/h2-14,16,26H,15,17-18H2,1H3,(H,33,37)/t26-/m1/s1. The normalized spacial score (nSPS) is 13.0. The molecule has 0 aliphatic carbocycles. The van der Waals surface area contributed by atoms with Crippen molar-refractivity contribution in [1.82, 2.24) is 10.2 Å². The van der Waals surface area contributed by atoms with Gasteiger partial charge >= 0.3 is 0 Å². The number of amides is 3. The fourth-order valence-corrected chi connectivity index (χ4v) is 5.38. The first-order chi connectivity index (χ1) is 18.4. The van der Waals surface area contributed by atoms with Crippen molar-refractivity contribution in [2.24, 2.45) is 0 Å². The van der Waals surface area contributed by atoms with Crippen molar-refractivity contribution < 1.29 is 14.4 Å². The van der Waals surface area contributed by atoms with Gasteiger partial charge in [0.25, 0.3) is 5.91 Å². The van der Waals surface area contributed by atoms with Crippen molar-refractivity contribution in [2.75, 3.05) is 18.5 Å². The van der Waals surface area contributed by atoms with Gasteiger partial charge in [0.15, 0.2) is 0 Å².